The van der Waals surface area contributed by atoms with Crippen LogP contribution in [0.15, 0.2) is 29.0 Å². The van der Waals surface area contributed by atoms with Gasteiger partial charge < -0.3 is 5.32 Å². The number of hydrogen-bond acceptors (Lipinski definition) is 3. The van der Waals surface area contributed by atoms with Crippen molar-refractivity contribution in [3.05, 3.63) is 45.3 Å². The third-order valence-electron chi connectivity index (χ3n) is 2.79. The highest BCUT2D eigenvalue weighted by Crippen LogP contribution is 2.32. The lowest BCUT2D eigenvalue weighted by Gasteiger charge is -2.15. The average Bonchev–Trinajstić information content (AvgIpc) is 2.33. The minimum Gasteiger partial charge on any atom is -0.339 e. The maximum Gasteiger partial charge on any atom is 0.138 e. The summed E-state index contributed by atoms with van der Waals surface area (Å²) in [5.41, 5.74) is 3.08. The predicted molar refractivity (Wildman–Crippen MR) is 83.3 cm³/mol. The van der Waals surface area contributed by atoms with Gasteiger partial charge in [0.15, 0.2) is 0 Å². The minimum atomic E-state index is 0.250. The SMILES string of the molecule is Cc1ccc(Br)c(Nc2ncnc(Cl)c2C(C)C)c1. The Morgan fingerprint density at radius 3 is 2.68 bits per heavy atom. The molecule has 5 heteroatoms. The van der Waals surface area contributed by atoms with Gasteiger partial charge in [0.05, 0.1) is 5.69 Å². The largest absolute Gasteiger partial charge is 0.339 e. The van der Waals surface area contributed by atoms with E-state index in [4.69, 9.17) is 11.6 Å². The Morgan fingerprint density at radius 1 is 1.26 bits per heavy atom. The van der Waals surface area contributed by atoms with Gasteiger partial charge >= 0.3 is 0 Å². The molecule has 1 N–H and O–H groups in total. The van der Waals surface area contributed by atoms with Crippen molar-refractivity contribution in [1.29, 1.82) is 0 Å². The zero-order chi connectivity index (χ0) is 14.0. The van der Waals surface area contributed by atoms with Gasteiger partial charge in [-0.2, -0.15) is 0 Å². The molecule has 1 heterocycles. The molecule has 0 unspecified atom stereocenters. The second kappa shape index (κ2) is 5.88. The highest BCUT2D eigenvalue weighted by atomic mass is 79.9. The summed E-state index contributed by atoms with van der Waals surface area (Å²) < 4.78 is 0.988. The monoisotopic (exact) mass is 339 g/mol. The average molecular weight is 341 g/mol. The lowest BCUT2D eigenvalue weighted by Crippen LogP contribution is -2.03. The topological polar surface area (TPSA) is 37.8 Å². The summed E-state index contributed by atoms with van der Waals surface area (Å²) in [5, 5.41) is 3.82. The van der Waals surface area contributed by atoms with Gasteiger partial charge in [0.1, 0.15) is 17.3 Å². The number of hydrogen-bond donors (Lipinski definition) is 1. The Morgan fingerprint density at radius 2 is 2.00 bits per heavy atom. The molecular formula is C14H15BrClN3. The van der Waals surface area contributed by atoms with Gasteiger partial charge in [-0.1, -0.05) is 31.5 Å². The molecule has 0 aliphatic carbocycles. The van der Waals surface area contributed by atoms with Crippen LogP contribution in [-0.4, -0.2) is 9.97 Å². The van der Waals surface area contributed by atoms with Gasteiger partial charge in [-0.15, -0.1) is 0 Å². The first kappa shape index (κ1) is 14.3. The summed E-state index contributed by atoms with van der Waals surface area (Å²) in [7, 11) is 0. The number of nitrogens with zero attached hydrogens (tertiary/aromatic N) is 2. The van der Waals surface area contributed by atoms with E-state index in [1.165, 1.54) is 11.9 Å². The van der Waals surface area contributed by atoms with Crippen LogP contribution in [-0.2, 0) is 0 Å². The van der Waals surface area contributed by atoms with Crippen molar-refractivity contribution in [1.82, 2.24) is 9.97 Å². The van der Waals surface area contributed by atoms with Crippen LogP contribution < -0.4 is 5.32 Å². The lowest BCUT2D eigenvalue weighted by molar-refractivity contribution is 0.850. The Labute approximate surface area is 126 Å². The fraction of sp³-hybridized carbons (Fsp3) is 0.286. The maximum absolute atomic E-state index is 6.16. The van der Waals surface area contributed by atoms with Gasteiger partial charge in [-0.05, 0) is 46.5 Å². The van der Waals surface area contributed by atoms with Gasteiger partial charge in [0.2, 0.25) is 0 Å². The van der Waals surface area contributed by atoms with E-state index in [0.717, 1.165) is 21.5 Å². The Kier molecular flexibility index (Phi) is 4.42. The zero-order valence-corrected chi connectivity index (χ0v) is 13.4. The van der Waals surface area contributed by atoms with E-state index < -0.39 is 0 Å². The first-order valence-electron chi connectivity index (χ1n) is 6.02. The van der Waals surface area contributed by atoms with Gasteiger partial charge in [0, 0.05) is 10.0 Å². The number of anilines is 2. The van der Waals surface area contributed by atoms with Gasteiger partial charge in [-0.25, -0.2) is 9.97 Å². The molecule has 0 saturated carbocycles. The van der Waals surface area contributed by atoms with Crippen molar-refractivity contribution in [3.63, 3.8) is 0 Å². The molecule has 0 aliphatic rings. The van der Waals surface area contributed by atoms with Crippen molar-refractivity contribution in [2.24, 2.45) is 0 Å². The molecule has 1 aromatic carbocycles. The third-order valence-corrected chi connectivity index (χ3v) is 3.78. The summed E-state index contributed by atoms with van der Waals surface area (Å²) in [5.74, 6) is 1.00. The summed E-state index contributed by atoms with van der Waals surface area (Å²) in [6, 6.07) is 6.12. The number of nitrogens with one attached hydrogen (secondary N) is 1. The van der Waals surface area contributed by atoms with Crippen molar-refractivity contribution < 1.29 is 0 Å². The van der Waals surface area contributed by atoms with Crippen LogP contribution in [0, 0.1) is 6.92 Å². The molecule has 0 radical (unpaired) electrons. The standard InChI is InChI=1S/C14H15BrClN3/c1-8(2)12-13(16)17-7-18-14(12)19-11-6-9(3)4-5-10(11)15/h4-8H,1-3H3,(H,17,18,19). The summed E-state index contributed by atoms with van der Waals surface area (Å²) in [6.45, 7) is 6.19. The number of benzene rings is 1. The molecular weight excluding hydrogens is 326 g/mol. The molecule has 0 amide bonds. The first-order valence-corrected chi connectivity index (χ1v) is 7.19. The number of aromatic nitrogens is 2. The van der Waals surface area contributed by atoms with Crippen LogP contribution in [0.5, 0.6) is 0 Å². The molecule has 0 saturated heterocycles. The molecule has 2 aromatic rings. The summed E-state index contributed by atoms with van der Waals surface area (Å²) >= 11 is 9.69. The van der Waals surface area contributed by atoms with Crippen LogP contribution in [0.2, 0.25) is 5.15 Å². The van der Waals surface area contributed by atoms with Crippen LogP contribution >= 0.6 is 27.5 Å². The van der Waals surface area contributed by atoms with Crippen LogP contribution in [0.1, 0.15) is 30.9 Å². The van der Waals surface area contributed by atoms with E-state index >= 15 is 0 Å². The molecule has 0 spiro atoms. The van der Waals surface area contributed by atoms with Crippen molar-refractivity contribution in [2.45, 2.75) is 26.7 Å². The van der Waals surface area contributed by atoms with Crippen molar-refractivity contribution in [3.8, 4) is 0 Å². The Balaban J connectivity index is 2.44. The summed E-state index contributed by atoms with van der Waals surface area (Å²) in [4.78, 5) is 8.34. The number of aryl methyl sites for hydroxylation is 1. The van der Waals surface area contributed by atoms with Crippen LogP contribution in [0.4, 0.5) is 11.5 Å². The van der Waals surface area contributed by atoms with Crippen molar-refractivity contribution in [2.75, 3.05) is 5.32 Å². The van der Waals surface area contributed by atoms with E-state index in [1.807, 2.05) is 19.1 Å². The predicted octanol–water partition coefficient (Wildman–Crippen LogP) is 5.07. The fourth-order valence-electron chi connectivity index (χ4n) is 1.85. The second-order valence-corrected chi connectivity index (χ2v) is 5.90. The molecule has 3 nitrogen and oxygen atoms in total. The molecule has 1 aromatic heterocycles. The quantitative estimate of drug-likeness (QED) is 0.793. The van der Waals surface area contributed by atoms with E-state index in [9.17, 15) is 0 Å². The van der Waals surface area contributed by atoms with E-state index in [-0.39, 0.29) is 5.92 Å². The highest BCUT2D eigenvalue weighted by Gasteiger charge is 2.14. The fourth-order valence-corrected chi connectivity index (χ4v) is 2.54. The molecule has 0 atom stereocenters. The Hall–Kier alpha value is -1.13. The zero-order valence-electron chi connectivity index (χ0n) is 11.0. The molecule has 100 valence electrons. The van der Waals surface area contributed by atoms with E-state index in [0.29, 0.717) is 5.15 Å². The molecule has 19 heavy (non-hydrogen) atoms. The van der Waals surface area contributed by atoms with Crippen LogP contribution in [0.3, 0.4) is 0 Å². The van der Waals surface area contributed by atoms with Gasteiger partial charge in [0.25, 0.3) is 0 Å². The molecule has 0 bridgehead atoms. The molecule has 0 fully saturated rings. The smallest absolute Gasteiger partial charge is 0.138 e. The lowest BCUT2D eigenvalue weighted by atomic mass is 10.1. The van der Waals surface area contributed by atoms with Gasteiger partial charge in [-0.3, -0.25) is 0 Å². The Bertz CT molecular complexity index is 599. The third kappa shape index (κ3) is 3.25. The van der Waals surface area contributed by atoms with Crippen molar-refractivity contribution >= 4 is 39.0 Å². The van der Waals surface area contributed by atoms with Crippen LogP contribution in [0.25, 0.3) is 0 Å². The second-order valence-electron chi connectivity index (χ2n) is 4.69. The first-order chi connectivity index (χ1) is 8.99. The highest BCUT2D eigenvalue weighted by molar-refractivity contribution is 9.10. The number of rotatable bonds is 3. The van der Waals surface area contributed by atoms with E-state index in [2.05, 4.69) is 51.1 Å². The number of halogens is 2. The maximum atomic E-state index is 6.16. The molecule has 2 rings (SSSR count). The van der Waals surface area contributed by atoms with E-state index in [1.54, 1.807) is 0 Å². The normalized spacial score (nSPS) is 10.8. The minimum absolute atomic E-state index is 0.250. The summed E-state index contributed by atoms with van der Waals surface area (Å²) in [6.07, 6.45) is 1.47. The molecule has 0 aliphatic heterocycles.